The van der Waals surface area contributed by atoms with Crippen LogP contribution in [0.1, 0.15) is 31.4 Å². The molecule has 1 aliphatic rings. The van der Waals surface area contributed by atoms with E-state index in [4.69, 9.17) is 17.0 Å². The Morgan fingerprint density at radius 1 is 1.41 bits per heavy atom. The van der Waals surface area contributed by atoms with E-state index < -0.39 is 0 Å². The SMILES string of the molecule is COc1ccccc1[C@@H](C)NC(=S)NC1CC1. The van der Waals surface area contributed by atoms with Crippen molar-refractivity contribution in [2.24, 2.45) is 0 Å². The molecule has 0 bridgehead atoms. The van der Waals surface area contributed by atoms with Crippen LogP contribution in [0.4, 0.5) is 0 Å². The molecule has 1 aromatic carbocycles. The highest BCUT2D eigenvalue weighted by Crippen LogP contribution is 2.24. The number of thiocarbonyl (C=S) groups is 1. The molecule has 1 fully saturated rings. The minimum atomic E-state index is 0.143. The molecule has 1 saturated carbocycles. The van der Waals surface area contributed by atoms with Gasteiger partial charge >= 0.3 is 0 Å². The van der Waals surface area contributed by atoms with Gasteiger partial charge in [0.1, 0.15) is 5.75 Å². The normalized spacial score (nSPS) is 16.1. The number of hydrogen-bond donors (Lipinski definition) is 2. The molecule has 92 valence electrons. The zero-order chi connectivity index (χ0) is 12.3. The van der Waals surface area contributed by atoms with E-state index in [0.29, 0.717) is 6.04 Å². The van der Waals surface area contributed by atoms with Gasteiger partial charge in [-0.05, 0) is 38.0 Å². The molecular formula is C13H18N2OS. The van der Waals surface area contributed by atoms with E-state index in [1.807, 2.05) is 18.2 Å². The molecule has 1 aliphatic carbocycles. The second kappa shape index (κ2) is 5.36. The molecule has 17 heavy (non-hydrogen) atoms. The van der Waals surface area contributed by atoms with E-state index in [-0.39, 0.29) is 6.04 Å². The third-order valence-electron chi connectivity index (χ3n) is 2.87. The summed E-state index contributed by atoms with van der Waals surface area (Å²) in [6.07, 6.45) is 2.45. The van der Waals surface area contributed by atoms with Crippen molar-refractivity contribution in [3.63, 3.8) is 0 Å². The van der Waals surface area contributed by atoms with E-state index >= 15 is 0 Å². The molecule has 0 spiro atoms. The summed E-state index contributed by atoms with van der Waals surface area (Å²) < 4.78 is 5.34. The fourth-order valence-corrected chi connectivity index (χ4v) is 2.10. The first-order chi connectivity index (χ1) is 8.20. The maximum Gasteiger partial charge on any atom is 0.166 e. The molecule has 2 rings (SSSR count). The Hall–Kier alpha value is -1.29. The van der Waals surface area contributed by atoms with Crippen molar-refractivity contribution in [1.82, 2.24) is 10.6 Å². The molecule has 4 heteroatoms. The first-order valence-electron chi connectivity index (χ1n) is 5.90. The van der Waals surface area contributed by atoms with Crippen molar-refractivity contribution in [3.05, 3.63) is 29.8 Å². The Balaban J connectivity index is 1.97. The average Bonchev–Trinajstić information content (AvgIpc) is 3.12. The molecule has 3 nitrogen and oxygen atoms in total. The lowest BCUT2D eigenvalue weighted by atomic mass is 10.1. The number of nitrogens with one attached hydrogen (secondary N) is 2. The third kappa shape index (κ3) is 3.33. The van der Waals surface area contributed by atoms with Gasteiger partial charge < -0.3 is 15.4 Å². The summed E-state index contributed by atoms with van der Waals surface area (Å²) >= 11 is 5.26. The van der Waals surface area contributed by atoms with Crippen molar-refractivity contribution in [1.29, 1.82) is 0 Å². The van der Waals surface area contributed by atoms with Crippen LogP contribution in [0.15, 0.2) is 24.3 Å². The van der Waals surface area contributed by atoms with E-state index in [0.717, 1.165) is 16.4 Å². The number of para-hydroxylation sites is 1. The number of ether oxygens (including phenoxy) is 1. The first kappa shape index (κ1) is 12.2. The molecule has 0 heterocycles. The fraction of sp³-hybridized carbons (Fsp3) is 0.462. The standard InChI is InChI=1S/C13H18N2OS/c1-9(14-13(17)15-10-7-8-10)11-5-3-4-6-12(11)16-2/h3-6,9-10H,7-8H2,1-2H3,(H2,14,15,17)/t9-/m1/s1. The minimum absolute atomic E-state index is 0.143. The molecule has 1 atom stereocenters. The number of methoxy groups -OCH3 is 1. The summed E-state index contributed by atoms with van der Waals surface area (Å²) in [4.78, 5) is 0. The smallest absolute Gasteiger partial charge is 0.166 e. The van der Waals surface area contributed by atoms with Crippen LogP contribution >= 0.6 is 12.2 Å². The van der Waals surface area contributed by atoms with Gasteiger partial charge in [-0.2, -0.15) is 0 Å². The van der Waals surface area contributed by atoms with E-state index in [1.54, 1.807) is 7.11 Å². The minimum Gasteiger partial charge on any atom is -0.496 e. The monoisotopic (exact) mass is 250 g/mol. The molecule has 0 radical (unpaired) electrons. The summed E-state index contributed by atoms with van der Waals surface area (Å²) in [6.45, 7) is 2.08. The van der Waals surface area contributed by atoms with Crippen molar-refractivity contribution < 1.29 is 4.74 Å². The Kier molecular flexibility index (Phi) is 3.84. The van der Waals surface area contributed by atoms with E-state index in [9.17, 15) is 0 Å². The van der Waals surface area contributed by atoms with Crippen LogP contribution in [0, 0.1) is 0 Å². The summed E-state index contributed by atoms with van der Waals surface area (Å²) in [6, 6.07) is 8.72. The molecule has 0 aliphatic heterocycles. The Labute approximate surface area is 108 Å². The largest absolute Gasteiger partial charge is 0.496 e. The van der Waals surface area contributed by atoms with Crippen LogP contribution in [0.2, 0.25) is 0 Å². The van der Waals surface area contributed by atoms with Crippen molar-refractivity contribution in [2.45, 2.75) is 31.8 Å². The summed E-state index contributed by atoms with van der Waals surface area (Å²) in [7, 11) is 1.69. The molecule has 0 amide bonds. The van der Waals surface area contributed by atoms with Crippen molar-refractivity contribution in [3.8, 4) is 5.75 Å². The molecule has 2 N–H and O–H groups in total. The predicted octanol–water partition coefficient (Wildman–Crippen LogP) is 2.38. The Morgan fingerprint density at radius 3 is 2.76 bits per heavy atom. The zero-order valence-electron chi connectivity index (χ0n) is 10.2. The van der Waals surface area contributed by atoms with Crippen LogP contribution in [0.25, 0.3) is 0 Å². The molecule has 0 aromatic heterocycles. The average molecular weight is 250 g/mol. The van der Waals surface area contributed by atoms with Crippen LogP contribution < -0.4 is 15.4 Å². The van der Waals surface area contributed by atoms with Crippen LogP contribution in [0.3, 0.4) is 0 Å². The first-order valence-corrected chi connectivity index (χ1v) is 6.31. The van der Waals surface area contributed by atoms with Gasteiger partial charge in [-0.1, -0.05) is 18.2 Å². The van der Waals surface area contributed by atoms with E-state index in [2.05, 4.69) is 23.6 Å². The number of rotatable bonds is 4. The van der Waals surface area contributed by atoms with Gasteiger partial charge in [-0.25, -0.2) is 0 Å². The second-order valence-corrected chi connectivity index (χ2v) is 4.76. The number of hydrogen-bond acceptors (Lipinski definition) is 2. The Bertz CT molecular complexity index is 404. The summed E-state index contributed by atoms with van der Waals surface area (Å²) in [5, 5.41) is 7.28. The fourth-order valence-electron chi connectivity index (χ4n) is 1.75. The topological polar surface area (TPSA) is 33.3 Å². The van der Waals surface area contributed by atoms with Gasteiger partial charge in [0.25, 0.3) is 0 Å². The molecule has 0 saturated heterocycles. The predicted molar refractivity (Wildman–Crippen MR) is 73.3 cm³/mol. The second-order valence-electron chi connectivity index (χ2n) is 4.36. The van der Waals surface area contributed by atoms with Gasteiger partial charge in [0, 0.05) is 11.6 Å². The van der Waals surface area contributed by atoms with Crippen LogP contribution in [-0.4, -0.2) is 18.3 Å². The quantitative estimate of drug-likeness (QED) is 0.804. The molecule has 0 unspecified atom stereocenters. The van der Waals surface area contributed by atoms with Gasteiger partial charge in [0.05, 0.1) is 13.2 Å². The van der Waals surface area contributed by atoms with Crippen molar-refractivity contribution >= 4 is 17.3 Å². The van der Waals surface area contributed by atoms with Crippen molar-refractivity contribution in [2.75, 3.05) is 7.11 Å². The lowest BCUT2D eigenvalue weighted by Gasteiger charge is -2.19. The lowest BCUT2D eigenvalue weighted by molar-refractivity contribution is 0.405. The highest BCUT2D eigenvalue weighted by Gasteiger charge is 2.22. The maximum absolute atomic E-state index is 5.34. The van der Waals surface area contributed by atoms with Gasteiger partial charge in [0.2, 0.25) is 0 Å². The Morgan fingerprint density at radius 2 is 2.12 bits per heavy atom. The van der Waals surface area contributed by atoms with Gasteiger partial charge in [-0.15, -0.1) is 0 Å². The molecular weight excluding hydrogens is 232 g/mol. The highest BCUT2D eigenvalue weighted by molar-refractivity contribution is 7.80. The number of benzene rings is 1. The summed E-state index contributed by atoms with van der Waals surface area (Å²) in [5.74, 6) is 0.890. The van der Waals surface area contributed by atoms with Crippen LogP contribution in [0.5, 0.6) is 5.75 Å². The van der Waals surface area contributed by atoms with E-state index in [1.165, 1.54) is 12.8 Å². The van der Waals surface area contributed by atoms with Gasteiger partial charge in [0.15, 0.2) is 5.11 Å². The molecule has 1 aromatic rings. The summed E-state index contributed by atoms with van der Waals surface area (Å²) in [5.41, 5.74) is 1.12. The zero-order valence-corrected chi connectivity index (χ0v) is 11.0. The van der Waals surface area contributed by atoms with Gasteiger partial charge in [-0.3, -0.25) is 0 Å². The maximum atomic E-state index is 5.34. The third-order valence-corrected chi connectivity index (χ3v) is 3.10. The lowest BCUT2D eigenvalue weighted by Crippen LogP contribution is -2.38. The van der Waals surface area contributed by atoms with Crippen LogP contribution in [-0.2, 0) is 0 Å². The highest BCUT2D eigenvalue weighted by atomic mass is 32.1.